The summed E-state index contributed by atoms with van der Waals surface area (Å²) in [5, 5.41) is 2.09. The minimum Gasteiger partial charge on any atom is -0.495 e. The minimum absolute atomic E-state index is 0.142. The van der Waals surface area contributed by atoms with Gasteiger partial charge in [-0.25, -0.2) is 4.79 Å². The Kier molecular flexibility index (Phi) is 7.55. The van der Waals surface area contributed by atoms with Gasteiger partial charge in [-0.05, 0) is 55.1 Å². The largest absolute Gasteiger partial charge is 0.495 e. The van der Waals surface area contributed by atoms with E-state index in [0.717, 1.165) is 22.2 Å². The lowest BCUT2D eigenvalue weighted by Crippen LogP contribution is -2.36. The first kappa shape index (κ1) is 24.8. The molecule has 1 aliphatic rings. The number of hydrogen-bond donors (Lipinski definition) is 1. The molecule has 3 amide bonds. The third kappa shape index (κ3) is 5.49. The molecule has 0 radical (unpaired) electrons. The van der Waals surface area contributed by atoms with Gasteiger partial charge in [0, 0.05) is 11.6 Å². The van der Waals surface area contributed by atoms with E-state index in [2.05, 4.69) is 5.32 Å². The van der Waals surface area contributed by atoms with Crippen molar-refractivity contribution in [1.29, 1.82) is 0 Å². The van der Waals surface area contributed by atoms with Gasteiger partial charge in [0.05, 0.1) is 29.9 Å². The summed E-state index contributed by atoms with van der Waals surface area (Å²) in [6.07, 6.45) is 1.46. The molecule has 0 bridgehead atoms. The Hall–Kier alpha value is -4.31. The standard InChI is InChI=1S/C26H22N2O7S/c1-3-34-25(31)17-10-8-16(9-11-17)20-13-12-18(35-20)14-22-24(30)28(26(32)36-22)15-23(29)27-19-6-4-5-7-21(19)33-2/h4-14H,3,15H2,1-2H3,(H,27,29)/b22-14+. The number of benzene rings is 2. The summed E-state index contributed by atoms with van der Waals surface area (Å²) in [4.78, 5) is 50.5. The minimum atomic E-state index is -0.586. The maximum Gasteiger partial charge on any atom is 0.338 e. The molecular weight excluding hydrogens is 484 g/mol. The van der Waals surface area contributed by atoms with Crippen LogP contribution in [0.1, 0.15) is 23.0 Å². The van der Waals surface area contributed by atoms with Crippen molar-refractivity contribution >= 4 is 46.5 Å². The lowest BCUT2D eigenvalue weighted by molar-refractivity contribution is -0.127. The Labute approximate surface area is 211 Å². The second-order valence-corrected chi connectivity index (χ2v) is 8.51. The SMILES string of the molecule is CCOC(=O)c1ccc(-c2ccc(/C=C3/SC(=O)N(CC(=O)Nc4ccccc4OC)C3=O)o2)cc1. The number of methoxy groups -OCH3 is 1. The second kappa shape index (κ2) is 11.0. The van der Waals surface area contributed by atoms with E-state index in [9.17, 15) is 19.2 Å². The molecule has 9 nitrogen and oxygen atoms in total. The van der Waals surface area contributed by atoms with E-state index in [0.29, 0.717) is 35.1 Å². The van der Waals surface area contributed by atoms with Gasteiger partial charge in [-0.2, -0.15) is 0 Å². The van der Waals surface area contributed by atoms with Crippen LogP contribution in [-0.2, 0) is 14.3 Å². The number of nitrogens with zero attached hydrogens (tertiary/aromatic N) is 1. The Morgan fingerprint density at radius 3 is 2.53 bits per heavy atom. The summed E-state index contributed by atoms with van der Waals surface area (Å²) in [6.45, 7) is 1.60. The maximum atomic E-state index is 12.8. The second-order valence-electron chi connectivity index (χ2n) is 7.52. The fourth-order valence-electron chi connectivity index (χ4n) is 3.42. The van der Waals surface area contributed by atoms with Crippen LogP contribution in [0.2, 0.25) is 0 Å². The molecule has 1 aliphatic heterocycles. The Bertz CT molecular complexity index is 1340. The number of furan rings is 1. The van der Waals surface area contributed by atoms with Crippen molar-refractivity contribution in [3.8, 4) is 17.1 Å². The Morgan fingerprint density at radius 2 is 1.81 bits per heavy atom. The van der Waals surface area contributed by atoms with Gasteiger partial charge in [0.15, 0.2) is 0 Å². The van der Waals surface area contributed by atoms with Crippen molar-refractivity contribution in [2.75, 3.05) is 25.6 Å². The maximum absolute atomic E-state index is 12.8. The molecule has 36 heavy (non-hydrogen) atoms. The number of amides is 3. The zero-order chi connectivity index (χ0) is 25.7. The fraction of sp³-hybridized carbons (Fsp3) is 0.154. The first-order chi connectivity index (χ1) is 17.4. The van der Waals surface area contributed by atoms with E-state index in [4.69, 9.17) is 13.9 Å². The number of carbonyl (C=O) groups is 4. The molecule has 2 heterocycles. The van der Waals surface area contributed by atoms with Gasteiger partial charge in [-0.15, -0.1) is 0 Å². The van der Waals surface area contributed by atoms with E-state index in [1.54, 1.807) is 67.6 Å². The van der Waals surface area contributed by atoms with E-state index >= 15 is 0 Å². The molecule has 0 unspecified atom stereocenters. The lowest BCUT2D eigenvalue weighted by atomic mass is 10.1. The number of ether oxygens (including phenoxy) is 2. The van der Waals surface area contributed by atoms with Gasteiger partial charge in [0.25, 0.3) is 11.1 Å². The molecule has 2 aromatic carbocycles. The summed E-state index contributed by atoms with van der Waals surface area (Å²) in [5.41, 5.74) is 1.59. The molecule has 0 aliphatic carbocycles. The van der Waals surface area contributed by atoms with Gasteiger partial charge in [-0.1, -0.05) is 24.3 Å². The van der Waals surface area contributed by atoms with Crippen LogP contribution < -0.4 is 10.1 Å². The molecule has 0 saturated carbocycles. The van der Waals surface area contributed by atoms with Gasteiger partial charge in [0.1, 0.15) is 23.8 Å². The highest BCUT2D eigenvalue weighted by molar-refractivity contribution is 8.18. The number of hydrogen-bond acceptors (Lipinski definition) is 8. The number of para-hydroxylation sites is 2. The van der Waals surface area contributed by atoms with Crippen molar-refractivity contribution < 1.29 is 33.1 Å². The smallest absolute Gasteiger partial charge is 0.338 e. The van der Waals surface area contributed by atoms with Crippen LogP contribution in [-0.4, -0.2) is 48.2 Å². The van der Waals surface area contributed by atoms with Crippen LogP contribution in [0.5, 0.6) is 5.75 Å². The Balaban J connectivity index is 1.43. The predicted molar refractivity (Wildman–Crippen MR) is 134 cm³/mol. The topological polar surface area (TPSA) is 115 Å². The first-order valence-corrected chi connectivity index (χ1v) is 11.8. The molecule has 1 saturated heterocycles. The molecular formula is C26H22N2O7S. The van der Waals surface area contributed by atoms with Crippen LogP contribution in [0.15, 0.2) is 70.0 Å². The molecule has 0 spiro atoms. The first-order valence-electron chi connectivity index (χ1n) is 10.9. The third-order valence-corrected chi connectivity index (χ3v) is 6.04. The number of imide groups is 1. The molecule has 1 fully saturated rings. The van der Waals surface area contributed by atoms with Crippen molar-refractivity contribution in [1.82, 2.24) is 4.90 Å². The average Bonchev–Trinajstić information content (AvgIpc) is 3.45. The van der Waals surface area contributed by atoms with Gasteiger partial charge in [-0.3, -0.25) is 19.3 Å². The van der Waals surface area contributed by atoms with Gasteiger partial charge < -0.3 is 19.2 Å². The van der Waals surface area contributed by atoms with Crippen LogP contribution in [0.4, 0.5) is 10.5 Å². The number of rotatable bonds is 8. The summed E-state index contributed by atoms with van der Waals surface area (Å²) in [7, 11) is 1.48. The highest BCUT2D eigenvalue weighted by atomic mass is 32.2. The third-order valence-electron chi connectivity index (χ3n) is 5.14. The zero-order valence-electron chi connectivity index (χ0n) is 19.5. The molecule has 4 rings (SSSR count). The number of esters is 1. The molecule has 1 aromatic heterocycles. The monoisotopic (exact) mass is 506 g/mol. The van der Waals surface area contributed by atoms with E-state index < -0.39 is 29.6 Å². The van der Waals surface area contributed by atoms with Crippen LogP contribution in [0.3, 0.4) is 0 Å². The lowest BCUT2D eigenvalue weighted by Gasteiger charge is -2.14. The quantitative estimate of drug-likeness (QED) is 0.342. The van der Waals surface area contributed by atoms with Crippen molar-refractivity contribution in [3.05, 3.63) is 76.9 Å². The fourth-order valence-corrected chi connectivity index (χ4v) is 4.24. The normalized spacial score (nSPS) is 14.3. The highest BCUT2D eigenvalue weighted by Gasteiger charge is 2.36. The van der Waals surface area contributed by atoms with Crippen LogP contribution in [0.25, 0.3) is 17.4 Å². The average molecular weight is 507 g/mol. The predicted octanol–water partition coefficient (Wildman–Crippen LogP) is 4.81. The summed E-state index contributed by atoms with van der Waals surface area (Å²) in [5.74, 6) is -0.178. The molecule has 3 aromatic rings. The Morgan fingerprint density at radius 1 is 1.06 bits per heavy atom. The van der Waals surface area contributed by atoms with E-state index in [1.165, 1.54) is 13.2 Å². The number of anilines is 1. The summed E-state index contributed by atoms with van der Waals surface area (Å²) < 4.78 is 16.0. The van der Waals surface area contributed by atoms with Crippen molar-refractivity contribution in [3.63, 3.8) is 0 Å². The van der Waals surface area contributed by atoms with E-state index in [-0.39, 0.29) is 4.91 Å². The number of carbonyl (C=O) groups excluding carboxylic acids is 4. The van der Waals surface area contributed by atoms with Crippen molar-refractivity contribution in [2.24, 2.45) is 0 Å². The summed E-state index contributed by atoms with van der Waals surface area (Å²) in [6, 6.07) is 16.9. The van der Waals surface area contributed by atoms with Gasteiger partial charge in [0.2, 0.25) is 5.91 Å². The number of nitrogens with one attached hydrogen (secondary N) is 1. The van der Waals surface area contributed by atoms with Crippen LogP contribution in [0, 0.1) is 0 Å². The van der Waals surface area contributed by atoms with Gasteiger partial charge >= 0.3 is 5.97 Å². The molecule has 10 heteroatoms. The number of thioether (sulfide) groups is 1. The molecule has 184 valence electrons. The van der Waals surface area contributed by atoms with Crippen molar-refractivity contribution in [2.45, 2.75) is 6.92 Å². The molecule has 0 atom stereocenters. The summed E-state index contributed by atoms with van der Waals surface area (Å²) >= 11 is 0.730. The zero-order valence-corrected chi connectivity index (χ0v) is 20.3. The van der Waals surface area contributed by atoms with Crippen LogP contribution >= 0.6 is 11.8 Å². The molecule has 1 N–H and O–H groups in total. The highest BCUT2D eigenvalue weighted by Crippen LogP contribution is 2.33. The van der Waals surface area contributed by atoms with E-state index in [1.807, 2.05) is 0 Å².